The Balaban J connectivity index is 1.78. The number of carbonyl (C=O) groups is 2. The van der Waals surface area contributed by atoms with Gasteiger partial charge >= 0.3 is 0 Å². The van der Waals surface area contributed by atoms with Crippen LogP contribution in [0.5, 0.6) is 5.75 Å². The van der Waals surface area contributed by atoms with Crippen LogP contribution in [0.2, 0.25) is 5.02 Å². The molecule has 0 aliphatic carbocycles. The minimum Gasteiger partial charge on any atom is -0.484 e. The molecule has 0 bridgehead atoms. The van der Waals surface area contributed by atoms with Crippen LogP contribution in [0.25, 0.3) is 0 Å². The molecule has 0 unspecified atom stereocenters. The summed E-state index contributed by atoms with van der Waals surface area (Å²) in [7, 11) is 0. The van der Waals surface area contributed by atoms with Crippen LogP contribution in [0.15, 0.2) is 42.5 Å². The van der Waals surface area contributed by atoms with E-state index in [0.29, 0.717) is 0 Å². The van der Waals surface area contributed by atoms with E-state index in [4.69, 9.17) is 16.3 Å². The van der Waals surface area contributed by atoms with Gasteiger partial charge in [-0.1, -0.05) is 23.7 Å². The van der Waals surface area contributed by atoms with E-state index < -0.39 is 30.1 Å². The zero-order valence-corrected chi connectivity index (χ0v) is 13.1. The monoisotopic (exact) mass is 354 g/mol. The lowest BCUT2D eigenvalue weighted by atomic mass is 10.1. The van der Waals surface area contributed by atoms with Crippen LogP contribution in [0, 0.1) is 11.6 Å². The normalized spacial score (nSPS) is 10.1. The van der Waals surface area contributed by atoms with Gasteiger partial charge < -0.3 is 4.74 Å². The number of halogens is 3. The second kappa shape index (κ2) is 8.26. The van der Waals surface area contributed by atoms with Crippen molar-refractivity contribution in [2.45, 2.75) is 6.42 Å². The van der Waals surface area contributed by atoms with Gasteiger partial charge in [-0.15, -0.1) is 0 Å². The van der Waals surface area contributed by atoms with Crippen molar-refractivity contribution >= 4 is 23.4 Å². The van der Waals surface area contributed by atoms with Crippen molar-refractivity contribution < 1.29 is 23.1 Å². The third-order valence-electron chi connectivity index (χ3n) is 2.91. The number of hydrogen-bond donors (Lipinski definition) is 2. The Kier molecular flexibility index (Phi) is 6.08. The second-order valence-corrected chi connectivity index (χ2v) is 5.13. The van der Waals surface area contributed by atoms with E-state index in [1.807, 2.05) is 0 Å². The first-order chi connectivity index (χ1) is 11.5. The fraction of sp³-hybridized carbons (Fsp3) is 0.125. The average molecular weight is 355 g/mol. The molecule has 2 N–H and O–H groups in total. The quantitative estimate of drug-likeness (QED) is 0.810. The van der Waals surface area contributed by atoms with Gasteiger partial charge in [0.2, 0.25) is 5.91 Å². The molecule has 0 saturated heterocycles. The molecule has 0 fully saturated rings. The van der Waals surface area contributed by atoms with Gasteiger partial charge in [0.05, 0.1) is 6.42 Å². The predicted octanol–water partition coefficient (Wildman–Crippen LogP) is 2.39. The minimum absolute atomic E-state index is 0.0296. The van der Waals surface area contributed by atoms with Gasteiger partial charge in [-0.05, 0) is 24.3 Å². The number of hydrazine groups is 1. The number of hydrogen-bond acceptors (Lipinski definition) is 3. The first-order valence-electron chi connectivity index (χ1n) is 6.84. The van der Waals surface area contributed by atoms with E-state index in [0.717, 1.165) is 6.07 Å². The lowest BCUT2D eigenvalue weighted by Gasteiger charge is -2.10. The molecule has 2 aromatic carbocycles. The summed E-state index contributed by atoms with van der Waals surface area (Å²) in [5.41, 5.74) is 4.25. The molecule has 0 heterocycles. The Labute approximate surface area is 141 Å². The van der Waals surface area contributed by atoms with Gasteiger partial charge in [0.25, 0.3) is 5.91 Å². The molecule has 0 aliphatic heterocycles. The maximum Gasteiger partial charge on any atom is 0.276 e. The third-order valence-corrected chi connectivity index (χ3v) is 3.26. The molecule has 2 aromatic rings. The van der Waals surface area contributed by atoms with Crippen LogP contribution in [-0.4, -0.2) is 18.4 Å². The van der Waals surface area contributed by atoms with Crippen molar-refractivity contribution in [3.05, 3.63) is 64.7 Å². The summed E-state index contributed by atoms with van der Waals surface area (Å²) in [6.45, 7) is -0.426. The summed E-state index contributed by atoms with van der Waals surface area (Å²) < 4.78 is 31.5. The summed E-state index contributed by atoms with van der Waals surface area (Å²) in [5, 5.41) is 0.117. The summed E-state index contributed by atoms with van der Waals surface area (Å²) in [5.74, 6) is -2.25. The smallest absolute Gasteiger partial charge is 0.276 e. The maximum absolute atomic E-state index is 13.5. The minimum atomic E-state index is -0.660. The van der Waals surface area contributed by atoms with Gasteiger partial charge in [0.15, 0.2) is 6.61 Å². The summed E-state index contributed by atoms with van der Waals surface area (Å²) in [6, 6.07) is 9.33. The number of carbonyl (C=O) groups excluding carboxylic acids is 2. The Morgan fingerprint density at radius 3 is 2.46 bits per heavy atom. The second-order valence-electron chi connectivity index (χ2n) is 4.72. The van der Waals surface area contributed by atoms with E-state index in [9.17, 15) is 18.4 Å². The molecule has 0 saturated carbocycles. The van der Waals surface area contributed by atoms with Crippen molar-refractivity contribution in [1.82, 2.24) is 10.9 Å². The maximum atomic E-state index is 13.5. The highest BCUT2D eigenvalue weighted by Gasteiger charge is 2.12. The van der Waals surface area contributed by atoms with Crippen molar-refractivity contribution in [2.75, 3.05) is 6.61 Å². The number of ether oxygens (including phenoxy) is 1. The van der Waals surface area contributed by atoms with E-state index in [2.05, 4.69) is 10.9 Å². The Morgan fingerprint density at radius 1 is 1.04 bits per heavy atom. The highest BCUT2D eigenvalue weighted by Crippen LogP contribution is 2.19. The van der Waals surface area contributed by atoms with Crippen LogP contribution in [-0.2, 0) is 16.0 Å². The number of amides is 2. The highest BCUT2D eigenvalue weighted by atomic mass is 35.5. The first-order valence-corrected chi connectivity index (χ1v) is 7.22. The van der Waals surface area contributed by atoms with Crippen molar-refractivity contribution in [2.24, 2.45) is 0 Å². The van der Waals surface area contributed by atoms with E-state index in [1.54, 1.807) is 0 Å². The fourth-order valence-corrected chi connectivity index (χ4v) is 2.02. The van der Waals surface area contributed by atoms with Crippen molar-refractivity contribution in [1.29, 1.82) is 0 Å². The SMILES string of the molecule is O=C(COc1cccc(F)c1)NNC(=O)Cc1c(F)cccc1Cl. The largest absolute Gasteiger partial charge is 0.484 e. The average Bonchev–Trinajstić information content (AvgIpc) is 2.54. The lowest BCUT2D eigenvalue weighted by molar-refractivity contribution is -0.129. The van der Waals surface area contributed by atoms with Gasteiger partial charge in [0, 0.05) is 16.7 Å². The highest BCUT2D eigenvalue weighted by molar-refractivity contribution is 6.31. The molecule has 0 radical (unpaired) electrons. The first kappa shape index (κ1) is 17.7. The van der Waals surface area contributed by atoms with Gasteiger partial charge in [-0.3, -0.25) is 20.4 Å². The number of benzene rings is 2. The third kappa shape index (κ3) is 5.20. The Morgan fingerprint density at radius 2 is 1.75 bits per heavy atom. The Hall–Kier alpha value is -2.67. The molecular formula is C16H13ClF2N2O3. The molecule has 2 rings (SSSR count). The zero-order chi connectivity index (χ0) is 17.5. The molecule has 126 valence electrons. The molecule has 0 atom stereocenters. The van der Waals surface area contributed by atoms with Crippen LogP contribution in [0.3, 0.4) is 0 Å². The molecule has 0 spiro atoms. The topological polar surface area (TPSA) is 67.4 Å². The van der Waals surface area contributed by atoms with Crippen LogP contribution < -0.4 is 15.6 Å². The van der Waals surface area contributed by atoms with Gasteiger partial charge in [-0.25, -0.2) is 8.78 Å². The van der Waals surface area contributed by atoms with Gasteiger partial charge in [-0.2, -0.15) is 0 Å². The molecule has 0 aromatic heterocycles. The van der Waals surface area contributed by atoms with Crippen LogP contribution >= 0.6 is 11.6 Å². The molecule has 24 heavy (non-hydrogen) atoms. The summed E-state index contributed by atoms with van der Waals surface area (Å²) >= 11 is 5.81. The van der Waals surface area contributed by atoms with E-state index in [-0.39, 0.29) is 22.8 Å². The van der Waals surface area contributed by atoms with E-state index in [1.165, 1.54) is 36.4 Å². The molecule has 8 heteroatoms. The Bertz CT molecular complexity index is 736. The zero-order valence-electron chi connectivity index (χ0n) is 12.3. The molecule has 0 aliphatic rings. The summed E-state index contributed by atoms with van der Waals surface area (Å²) in [4.78, 5) is 23.2. The van der Waals surface area contributed by atoms with Crippen molar-refractivity contribution in [3.8, 4) is 5.75 Å². The van der Waals surface area contributed by atoms with Crippen LogP contribution in [0.4, 0.5) is 8.78 Å². The predicted molar refractivity (Wildman–Crippen MR) is 83.3 cm³/mol. The molecular weight excluding hydrogens is 342 g/mol. The summed E-state index contributed by atoms with van der Waals surface area (Å²) in [6.07, 6.45) is -0.337. The molecule has 5 nitrogen and oxygen atoms in total. The molecule has 2 amide bonds. The van der Waals surface area contributed by atoms with Crippen molar-refractivity contribution in [3.63, 3.8) is 0 Å². The lowest BCUT2D eigenvalue weighted by Crippen LogP contribution is -2.44. The fourth-order valence-electron chi connectivity index (χ4n) is 1.79. The number of rotatable bonds is 5. The van der Waals surface area contributed by atoms with Gasteiger partial charge in [0.1, 0.15) is 17.4 Å². The van der Waals surface area contributed by atoms with E-state index >= 15 is 0 Å². The standard InChI is InChI=1S/C16H13ClF2N2O3/c17-13-5-2-6-14(19)12(13)8-15(22)20-21-16(23)9-24-11-4-1-3-10(18)7-11/h1-7H,8-9H2,(H,20,22)(H,21,23). The van der Waals surface area contributed by atoms with Crippen LogP contribution in [0.1, 0.15) is 5.56 Å². The number of nitrogens with one attached hydrogen (secondary N) is 2.